The number of aromatic nitrogens is 5. The number of benzene rings is 1. The first-order chi connectivity index (χ1) is 16.5. The van der Waals surface area contributed by atoms with Gasteiger partial charge in [-0.15, -0.1) is 0 Å². The van der Waals surface area contributed by atoms with Crippen molar-refractivity contribution in [3.05, 3.63) is 92.9 Å². The summed E-state index contributed by atoms with van der Waals surface area (Å²) < 4.78 is 68.5. The number of carbonyl (C=O) groups is 1. The largest absolute Gasteiger partial charge is 0.417 e. The molecule has 4 heterocycles. The van der Waals surface area contributed by atoms with E-state index in [0.29, 0.717) is 11.8 Å². The molecule has 0 fully saturated rings. The molecule has 35 heavy (non-hydrogen) atoms. The topological polar surface area (TPSA) is 96.4 Å². The molecule has 7 nitrogen and oxygen atoms in total. The average Bonchev–Trinajstić information content (AvgIpc) is 3.37. The Hall–Kier alpha value is -4.35. The summed E-state index contributed by atoms with van der Waals surface area (Å²) in [5, 5.41) is 0.164. The lowest BCUT2D eigenvalue weighted by atomic mass is 10.0. The second-order valence-electron chi connectivity index (χ2n) is 7.95. The summed E-state index contributed by atoms with van der Waals surface area (Å²) in [5.74, 6) is -2.77. The van der Waals surface area contributed by atoms with Gasteiger partial charge in [0.25, 0.3) is 5.56 Å². The number of H-pyrrole nitrogens is 2. The Bertz CT molecular complexity index is 1670. The van der Waals surface area contributed by atoms with Crippen molar-refractivity contribution in [2.75, 3.05) is 0 Å². The fourth-order valence-corrected chi connectivity index (χ4v) is 3.87. The summed E-state index contributed by atoms with van der Waals surface area (Å²) in [4.78, 5) is 39.0. The molecule has 0 bridgehead atoms. The molecule has 2 N–H and O–H groups in total. The summed E-state index contributed by atoms with van der Waals surface area (Å²) in [5.41, 5.74) is -1.89. The van der Waals surface area contributed by atoms with Gasteiger partial charge >= 0.3 is 6.18 Å². The molecule has 0 aliphatic carbocycles. The summed E-state index contributed by atoms with van der Waals surface area (Å²) >= 11 is 0. The molecule has 0 saturated heterocycles. The van der Waals surface area contributed by atoms with Crippen molar-refractivity contribution in [3.8, 4) is 0 Å². The van der Waals surface area contributed by atoms with Gasteiger partial charge in [-0.2, -0.15) is 13.2 Å². The average molecular weight is 487 g/mol. The molecule has 5 rings (SSSR count). The maximum atomic E-state index is 14.3. The van der Waals surface area contributed by atoms with Gasteiger partial charge in [0.15, 0.2) is 5.65 Å². The summed E-state index contributed by atoms with van der Waals surface area (Å²) in [6.45, 7) is 1.36. The van der Waals surface area contributed by atoms with Gasteiger partial charge < -0.3 is 14.5 Å². The standard InChI is InChI=1S/C23H14F5N5O2/c1-10-4-14(24)18(15(25)5-10)20(34)13-8-29-19-12(13)2-3-33(22(19)35)9-17-31-16-6-11(23(26,27)28)7-30-21(16)32-17/h2-8,29H,9H2,1H3,(H,30,31,32). The molecule has 0 unspecified atom stereocenters. The quantitative estimate of drug-likeness (QED) is 0.289. The van der Waals surface area contributed by atoms with E-state index in [9.17, 15) is 31.5 Å². The normalized spacial score (nSPS) is 12.1. The first-order valence-corrected chi connectivity index (χ1v) is 10.2. The molecular formula is C23H14F5N5O2. The minimum Gasteiger partial charge on any atom is -0.356 e. The highest BCUT2D eigenvalue weighted by Crippen LogP contribution is 2.30. The monoisotopic (exact) mass is 487 g/mol. The zero-order chi connectivity index (χ0) is 25.1. The van der Waals surface area contributed by atoms with Gasteiger partial charge in [0.1, 0.15) is 23.0 Å². The number of aryl methyl sites for hydroxylation is 1. The van der Waals surface area contributed by atoms with E-state index in [4.69, 9.17) is 0 Å². The maximum Gasteiger partial charge on any atom is 0.417 e. The van der Waals surface area contributed by atoms with Crippen LogP contribution in [0.5, 0.6) is 0 Å². The number of hydrogen-bond donors (Lipinski definition) is 2. The summed E-state index contributed by atoms with van der Waals surface area (Å²) in [7, 11) is 0. The van der Waals surface area contributed by atoms with E-state index in [1.807, 2.05) is 0 Å². The molecule has 0 radical (unpaired) electrons. The molecule has 12 heteroatoms. The highest BCUT2D eigenvalue weighted by atomic mass is 19.4. The maximum absolute atomic E-state index is 14.3. The SMILES string of the molecule is Cc1cc(F)c(C(=O)c2c[nH]c3c(=O)n(Cc4nc5ncc(C(F)(F)F)cc5[nH]4)ccc23)c(F)c1. The van der Waals surface area contributed by atoms with Crippen molar-refractivity contribution < 1.29 is 26.7 Å². The van der Waals surface area contributed by atoms with E-state index in [1.165, 1.54) is 30.0 Å². The molecule has 0 saturated carbocycles. The summed E-state index contributed by atoms with van der Waals surface area (Å²) in [6, 6.07) is 4.38. The number of aromatic amines is 2. The molecule has 0 aliphatic heterocycles. The zero-order valence-electron chi connectivity index (χ0n) is 17.8. The number of halogens is 5. The minimum absolute atomic E-state index is 0.0115. The number of nitrogens with one attached hydrogen (secondary N) is 2. The lowest BCUT2D eigenvalue weighted by Gasteiger charge is -2.06. The van der Waals surface area contributed by atoms with Crippen LogP contribution in [0.25, 0.3) is 22.1 Å². The van der Waals surface area contributed by atoms with Gasteiger partial charge in [-0.25, -0.2) is 18.7 Å². The molecule has 0 atom stereocenters. The van der Waals surface area contributed by atoms with Crippen LogP contribution >= 0.6 is 0 Å². The van der Waals surface area contributed by atoms with Gasteiger partial charge in [-0.05, 0) is 36.8 Å². The third kappa shape index (κ3) is 3.86. The first kappa shape index (κ1) is 22.4. The van der Waals surface area contributed by atoms with Gasteiger partial charge in [-0.1, -0.05) is 0 Å². The number of nitrogens with zero attached hydrogens (tertiary/aromatic N) is 3. The number of ketones is 1. The Morgan fingerprint density at radius 3 is 2.54 bits per heavy atom. The fraction of sp³-hybridized carbons (Fsp3) is 0.130. The van der Waals surface area contributed by atoms with Crippen LogP contribution in [0.2, 0.25) is 0 Å². The van der Waals surface area contributed by atoms with Crippen molar-refractivity contribution in [1.82, 2.24) is 24.5 Å². The number of fused-ring (bicyclic) bond motifs is 2. The second-order valence-corrected chi connectivity index (χ2v) is 7.95. The van der Waals surface area contributed by atoms with Crippen LogP contribution < -0.4 is 5.56 Å². The highest BCUT2D eigenvalue weighted by molar-refractivity contribution is 6.16. The van der Waals surface area contributed by atoms with Crippen LogP contribution in [-0.2, 0) is 12.7 Å². The third-order valence-electron chi connectivity index (χ3n) is 5.51. The van der Waals surface area contributed by atoms with Crippen molar-refractivity contribution >= 4 is 27.9 Å². The van der Waals surface area contributed by atoms with E-state index >= 15 is 0 Å². The fourth-order valence-electron chi connectivity index (χ4n) is 3.87. The molecule has 4 aromatic heterocycles. The summed E-state index contributed by atoms with van der Waals surface area (Å²) in [6.07, 6.45) is -1.36. The number of rotatable bonds is 4. The third-order valence-corrected chi connectivity index (χ3v) is 5.51. The number of imidazole rings is 1. The molecule has 5 aromatic rings. The van der Waals surface area contributed by atoms with Crippen LogP contribution in [0.3, 0.4) is 0 Å². The van der Waals surface area contributed by atoms with E-state index in [0.717, 1.165) is 18.2 Å². The molecular weight excluding hydrogens is 473 g/mol. The lowest BCUT2D eigenvalue weighted by molar-refractivity contribution is -0.137. The van der Waals surface area contributed by atoms with Crippen LogP contribution in [0, 0.1) is 18.6 Å². The van der Waals surface area contributed by atoms with E-state index in [2.05, 4.69) is 19.9 Å². The van der Waals surface area contributed by atoms with Gasteiger partial charge in [-0.3, -0.25) is 9.59 Å². The molecule has 0 spiro atoms. The molecule has 0 amide bonds. The smallest absolute Gasteiger partial charge is 0.356 e. The van der Waals surface area contributed by atoms with Gasteiger partial charge in [0.2, 0.25) is 5.78 Å². The number of carbonyl (C=O) groups excluding carboxylic acids is 1. The van der Waals surface area contributed by atoms with Crippen LogP contribution in [0.4, 0.5) is 22.0 Å². The van der Waals surface area contributed by atoms with Crippen LogP contribution in [-0.4, -0.2) is 30.3 Å². The Morgan fingerprint density at radius 2 is 1.86 bits per heavy atom. The second kappa shape index (κ2) is 7.86. The zero-order valence-corrected chi connectivity index (χ0v) is 17.8. The van der Waals surface area contributed by atoms with Crippen molar-refractivity contribution in [1.29, 1.82) is 0 Å². The Morgan fingerprint density at radius 1 is 1.14 bits per heavy atom. The highest BCUT2D eigenvalue weighted by Gasteiger charge is 2.31. The van der Waals surface area contributed by atoms with Crippen molar-refractivity contribution in [2.24, 2.45) is 0 Å². The molecule has 0 aliphatic rings. The van der Waals surface area contributed by atoms with Crippen molar-refractivity contribution in [2.45, 2.75) is 19.6 Å². The lowest BCUT2D eigenvalue weighted by Crippen LogP contribution is -2.20. The van der Waals surface area contributed by atoms with Gasteiger partial charge in [0, 0.05) is 29.5 Å². The first-order valence-electron chi connectivity index (χ1n) is 10.2. The Kier molecular flexibility index (Phi) is 5.04. The van der Waals surface area contributed by atoms with E-state index in [1.54, 1.807) is 0 Å². The number of hydrogen-bond acceptors (Lipinski definition) is 4. The predicted molar refractivity (Wildman–Crippen MR) is 115 cm³/mol. The van der Waals surface area contributed by atoms with Crippen molar-refractivity contribution in [3.63, 3.8) is 0 Å². The Labute approximate surface area is 192 Å². The minimum atomic E-state index is -4.57. The van der Waals surface area contributed by atoms with Gasteiger partial charge in [0.05, 0.1) is 23.2 Å². The molecule has 178 valence electrons. The van der Waals surface area contributed by atoms with E-state index < -0.39 is 40.3 Å². The van der Waals surface area contributed by atoms with E-state index in [-0.39, 0.29) is 40.0 Å². The molecule has 1 aromatic carbocycles. The van der Waals surface area contributed by atoms with Crippen LogP contribution in [0.15, 0.2) is 47.7 Å². The number of pyridine rings is 2. The Balaban J connectivity index is 1.50. The predicted octanol–water partition coefficient (Wildman–Crippen LogP) is 4.49. The number of alkyl halides is 3. The van der Waals surface area contributed by atoms with Crippen LogP contribution in [0.1, 0.15) is 32.9 Å².